The van der Waals surface area contributed by atoms with Gasteiger partial charge in [0.15, 0.2) is 0 Å². The summed E-state index contributed by atoms with van der Waals surface area (Å²) in [5.74, 6) is -0.160. The molecule has 0 aliphatic heterocycles. The maximum Gasteiger partial charge on any atom is 0.259 e. The molecule has 1 amide bonds. The Hall–Kier alpha value is -2.11. The summed E-state index contributed by atoms with van der Waals surface area (Å²) in [6, 6.07) is 0. The Morgan fingerprint density at radius 3 is 2.18 bits per heavy atom. The van der Waals surface area contributed by atoms with E-state index in [-0.39, 0.29) is 5.91 Å². The first kappa shape index (κ1) is 11.4. The fourth-order valence-electron chi connectivity index (χ4n) is 1.53. The smallest absolute Gasteiger partial charge is 0.259 e. The quantitative estimate of drug-likeness (QED) is 0.842. The van der Waals surface area contributed by atoms with E-state index in [1.54, 1.807) is 28.8 Å². The molecule has 0 aromatic carbocycles. The van der Waals surface area contributed by atoms with Gasteiger partial charge in [-0.25, -0.2) is 0 Å². The number of anilines is 1. The van der Waals surface area contributed by atoms with Gasteiger partial charge in [-0.1, -0.05) is 0 Å². The van der Waals surface area contributed by atoms with Crippen molar-refractivity contribution < 1.29 is 4.79 Å². The zero-order chi connectivity index (χ0) is 12.6. The van der Waals surface area contributed by atoms with Crippen molar-refractivity contribution in [3.63, 3.8) is 0 Å². The third kappa shape index (κ3) is 1.93. The number of nitrogens with zero attached hydrogens (tertiary/aromatic N) is 4. The largest absolute Gasteiger partial charge is 0.319 e. The van der Waals surface area contributed by atoms with Crippen molar-refractivity contribution in [3.8, 4) is 0 Å². The lowest BCUT2D eigenvalue weighted by Gasteiger charge is -2.03. The summed E-state index contributed by atoms with van der Waals surface area (Å²) in [4.78, 5) is 12.0. The van der Waals surface area contributed by atoms with Crippen LogP contribution in [0.25, 0.3) is 0 Å². The number of amides is 1. The number of hydrogen-bond acceptors (Lipinski definition) is 3. The van der Waals surface area contributed by atoms with Crippen molar-refractivity contribution in [3.05, 3.63) is 29.3 Å². The molecule has 0 saturated carbocycles. The van der Waals surface area contributed by atoms with Gasteiger partial charge < -0.3 is 5.32 Å². The van der Waals surface area contributed by atoms with Crippen molar-refractivity contribution in [1.29, 1.82) is 0 Å². The predicted octanol–water partition coefficient (Wildman–Crippen LogP) is 1.02. The predicted molar refractivity (Wildman–Crippen MR) is 63.8 cm³/mol. The Kier molecular flexibility index (Phi) is 2.71. The van der Waals surface area contributed by atoms with Gasteiger partial charge in [0, 0.05) is 19.8 Å². The van der Waals surface area contributed by atoms with E-state index in [0.717, 1.165) is 17.1 Å². The average Bonchev–Trinajstić information content (AvgIpc) is 2.77. The molecule has 0 bridgehead atoms. The van der Waals surface area contributed by atoms with Crippen LogP contribution in [0.15, 0.2) is 12.4 Å². The Bertz CT molecular complexity index is 566. The standard InChI is InChI=1S/C11H15N5O/c1-7-9(5-12-15(7)3)11(17)14-10-6-13-16(4)8(10)2/h5-6H,1-4H3,(H,14,17). The Labute approximate surface area is 99.2 Å². The molecule has 6 nitrogen and oxygen atoms in total. The second-order valence-electron chi connectivity index (χ2n) is 3.99. The third-order valence-corrected chi connectivity index (χ3v) is 2.96. The van der Waals surface area contributed by atoms with Crippen molar-refractivity contribution in [2.45, 2.75) is 13.8 Å². The number of aryl methyl sites for hydroxylation is 2. The summed E-state index contributed by atoms with van der Waals surface area (Å²) in [7, 11) is 3.64. The minimum Gasteiger partial charge on any atom is -0.319 e. The van der Waals surface area contributed by atoms with E-state index in [9.17, 15) is 4.79 Å². The average molecular weight is 233 g/mol. The lowest BCUT2D eigenvalue weighted by molar-refractivity contribution is 0.102. The molecule has 0 saturated heterocycles. The van der Waals surface area contributed by atoms with Gasteiger partial charge in [-0.2, -0.15) is 10.2 Å². The molecule has 0 radical (unpaired) electrons. The van der Waals surface area contributed by atoms with Crippen LogP contribution >= 0.6 is 0 Å². The van der Waals surface area contributed by atoms with Crippen LogP contribution in [0, 0.1) is 13.8 Å². The summed E-state index contributed by atoms with van der Waals surface area (Å²) < 4.78 is 3.39. The topological polar surface area (TPSA) is 64.7 Å². The molecule has 2 heterocycles. The molecule has 6 heteroatoms. The molecule has 90 valence electrons. The minimum atomic E-state index is -0.160. The first-order valence-electron chi connectivity index (χ1n) is 5.29. The van der Waals surface area contributed by atoms with Gasteiger partial charge in [0.2, 0.25) is 0 Å². The first-order chi connectivity index (χ1) is 8.00. The molecule has 0 unspecified atom stereocenters. The lowest BCUT2D eigenvalue weighted by atomic mass is 10.2. The second-order valence-corrected chi connectivity index (χ2v) is 3.99. The van der Waals surface area contributed by atoms with E-state index in [2.05, 4.69) is 15.5 Å². The van der Waals surface area contributed by atoms with Crippen LogP contribution < -0.4 is 5.32 Å². The summed E-state index contributed by atoms with van der Waals surface area (Å²) in [6.07, 6.45) is 3.20. The molecular formula is C11H15N5O. The van der Waals surface area contributed by atoms with E-state index in [1.807, 2.05) is 20.9 Å². The molecule has 0 spiro atoms. The zero-order valence-electron chi connectivity index (χ0n) is 10.4. The monoisotopic (exact) mass is 233 g/mol. The van der Waals surface area contributed by atoms with E-state index >= 15 is 0 Å². The van der Waals surface area contributed by atoms with Crippen LogP contribution in [-0.4, -0.2) is 25.5 Å². The molecular weight excluding hydrogens is 218 g/mol. The molecule has 2 aromatic heterocycles. The van der Waals surface area contributed by atoms with E-state index in [4.69, 9.17) is 0 Å². The van der Waals surface area contributed by atoms with Gasteiger partial charge in [0.1, 0.15) is 0 Å². The van der Waals surface area contributed by atoms with Gasteiger partial charge >= 0.3 is 0 Å². The molecule has 2 aromatic rings. The Morgan fingerprint density at radius 2 is 1.71 bits per heavy atom. The van der Waals surface area contributed by atoms with Gasteiger partial charge in [-0.15, -0.1) is 0 Å². The second kappa shape index (κ2) is 4.04. The van der Waals surface area contributed by atoms with Gasteiger partial charge in [-0.3, -0.25) is 14.2 Å². The molecule has 17 heavy (non-hydrogen) atoms. The Balaban J connectivity index is 2.23. The van der Waals surface area contributed by atoms with Crippen LogP contribution in [0.3, 0.4) is 0 Å². The van der Waals surface area contributed by atoms with Crippen molar-refractivity contribution in [2.75, 3.05) is 5.32 Å². The van der Waals surface area contributed by atoms with Crippen LogP contribution in [-0.2, 0) is 14.1 Å². The number of carbonyl (C=O) groups is 1. The van der Waals surface area contributed by atoms with Crippen LogP contribution in [0.2, 0.25) is 0 Å². The van der Waals surface area contributed by atoms with Crippen LogP contribution in [0.1, 0.15) is 21.7 Å². The SMILES string of the molecule is Cc1c(NC(=O)c2cnn(C)c2C)cnn1C. The highest BCUT2D eigenvalue weighted by Gasteiger charge is 2.14. The zero-order valence-corrected chi connectivity index (χ0v) is 10.4. The molecule has 0 aliphatic carbocycles. The minimum absolute atomic E-state index is 0.160. The molecule has 0 aliphatic rings. The number of rotatable bonds is 2. The number of hydrogen-bond donors (Lipinski definition) is 1. The van der Waals surface area contributed by atoms with Gasteiger partial charge in [0.05, 0.1) is 29.3 Å². The fraction of sp³-hybridized carbons (Fsp3) is 0.364. The van der Waals surface area contributed by atoms with Gasteiger partial charge in [0.25, 0.3) is 5.91 Å². The van der Waals surface area contributed by atoms with Crippen LogP contribution in [0.4, 0.5) is 5.69 Å². The summed E-state index contributed by atoms with van der Waals surface area (Å²) in [5, 5.41) is 10.9. The normalized spacial score (nSPS) is 10.6. The highest BCUT2D eigenvalue weighted by Crippen LogP contribution is 2.14. The van der Waals surface area contributed by atoms with Gasteiger partial charge in [-0.05, 0) is 13.8 Å². The fourth-order valence-corrected chi connectivity index (χ4v) is 1.53. The summed E-state index contributed by atoms with van der Waals surface area (Å²) in [5.41, 5.74) is 3.06. The summed E-state index contributed by atoms with van der Waals surface area (Å²) >= 11 is 0. The van der Waals surface area contributed by atoms with Crippen LogP contribution in [0.5, 0.6) is 0 Å². The van der Waals surface area contributed by atoms with E-state index in [1.165, 1.54) is 0 Å². The molecule has 1 N–H and O–H groups in total. The van der Waals surface area contributed by atoms with Crippen molar-refractivity contribution >= 4 is 11.6 Å². The molecule has 0 fully saturated rings. The third-order valence-electron chi connectivity index (χ3n) is 2.96. The molecule has 0 atom stereocenters. The summed E-state index contributed by atoms with van der Waals surface area (Å²) in [6.45, 7) is 3.76. The maximum atomic E-state index is 12.0. The lowest BCUT2D eigenvalue weighted by Crippen LogP contribution is -2.13. The maximum absolute atomic E-state index is 12.0. The number of aromatic nitrogens is 4. The first-order valence-corrected chi connectivity index (χ1v) is 5.29. The molecule has 2 rings (SSSR count). The highest BCUT2D eigenvalue weighted by atomic mass is 16.1. The van der Waals surface area contributed by atoms with Crippen molar-refractivity contribution in [2.24, 2.45) is 14.1 Å². The highest BCUT2D eigenvalue weighted by molar-refractivity contribution is 6.05. The number of carbonyl (C=O) groups excluding carboxylic acids is 1. The van der Waals surface area contributed by atoms with E-state index < -0.39 is 0 Å². The van der Waals surface area contributed by atoms with Crippen molar-refractivity contribution in [1.82, 2.24) is 19.6 Å². The Morgan fingerprint density at radius 1 is 1.12 bits per heavy atom. The van der Waals surface area contributed by atoms with E-state index in [0.29, 0.717) is 5.56 Å². The number of nitrogens with one attached hydrogen (secondary N) is 1.